The summed E-state index contributed by atoms with van der Waals surface area (Å²) in [7, 11) is 0. The molecule has 2 atom stereocenters. The van der Waals surface area contributed by atoms with Crippen LogP contribution in [0.5, 0.6) is 0 Å². The van der Waals surface area contributed by atoms with Crippen LogP contribution in [-0.4, -0.2) is 65.7 Å². The van der Waals surface area contributed by atoms with Crippen molar-refractivity contribution in [3.63, 3.8) is 0 Å². The normalized spacial score (nSPS) is 19.8. The predicted octanol–water partition coefficient (Wildman–Crippen LogP) is 1.19. The first-order chi connectivity index (χ1) is 12.6. The molecule has 0 aliphatic carbocycles. The lowest BCUT2D eigenvalue weighted by Gasteiger charge is -2.24. The van der Waals surface area contributed by atoms with Crippen molar-refractivity contribution in [3.8, 4) is 0 Å². The van der Waals surface area contributed by atoms with E-state index in [4.69, 9.17) is 14.6 Å². The van der Waals surface area contributed by atoms with Crippen LogP contribution >= 0.6 is 0 Å². The summed E-state index contributed by atoms with van der Waals surface area (Å²) >= 11 is 0. The van der Waals surface area contributed by atoms with Gasteiger partial charge < -0.3 is 19.7 Å². The van der Waals surface area contributed by atoms with E-state index in [1.54, 1.807) is 24.3 Å². The van der Waals surface area contributed by atoms with Crippen molar-refractivity contribution in [3.05, 3.63) is 35.4 Å². The molecule has 1 saturated heterocycles. The van der Waals surface area contributed by atoms with Gasteiger partial charge in [0.1, 0.15) is 0 Å². The predicted molar refractivity (Wildman–Crippen MR) is 92.6 cm³/mol. The van der Waals surface area contributed by atoms with Gasteiger partial charge in [0.2, 0.25) is 0 Å². The Bertz CT molecular complexity index is 608. The third-order valence-electron chi connectivity index (χ3n) is 4.95. The molecule has 0 aromatic heterocycles. The Morgan fingerprint density at radius 1 is 1.04 bits per heavy atom. The van der Waals surface area contributed by atoms with Crippen LogP contribution in [0.2, 0.25) is 0 Å². The molecule has 1 aromatic rings. The Balaban J connectivity index is 1.54. The molecule has 2 aliphatic rings. The average molecular weight is 363 g/mol. The molecule has 2 aliphatic heterocycles. The van der Waals surface area contributed by atoms with Crippen molar-refractivity contribution in [2.75, 3.05) is 26.4 Å². The number of rotatable bonds is 9. The van der Waals surface area contributed by atoms with Crippen molar-refractivity contribution in [1.82, 2.24) is 4.90 Å². The first kappa shape index (κ1) is 19.0. The molecule has 7 nitrogen and oxygen atoms in total. The maximum Gasteiger partial charge on any atom is 0.261 e. The lowest BCUT2D eigenvalue weighted by molar-refractivity contribution is -0.0909. The van der Waals surface area contributed by atoms with Crippen LogP contribution in [0.4, 0.5) is 0 Å². The van der Waals surface area contributed by atoms with Gasteiger partial charge in [-0.1, -0.05) is 12.1 Å². The number of amides is 2. The number of aliphatic hydroxyl groups excluding tert-OH is 2. The second-order valence-electron chi connectivity index (χ2n) is 6.73. The summed E-state index contributed by atoms with van der Waals surface area (Å²) in [6.45, 7) is 1.16. The number of ether oxygens (including phenoxy) is 2. The van der Waals surface area contributed by atoms with E-state index in [2.05, 4.69) is 0 Å². The number of hydrogen-bond acceptors (Lipinski definition) is 6. The van der Waals surface area contributed by atoms with Gasteiger partial charge in [-0.25, -0.2) is 0 Å². The zero-order valence-electron chi connectivity index (χ0n) is 14.7. The van der Waals surface area contributed by atoms with Gasteiger partial charge in [0.25, 0.3) is 11.8 Å². The Morgan fingerprint density at radius 3 is 2.23 bits per heavy atom. The highest BCUT2D eigenvalue weighted by Gasteiger charge is 2.35. The number of aliphatic hydroxyl groups is 2. The van der Waals surface area contributed by atoms with E-state index in [0.29, 0.717) is 56.6 Å². The molecule has 0 bridgehead atoms. The largest absolute Gasteiger partial charge is 0.394 e. The van der Waals surface area contributed by atoms with E-state index in [9.17, 15) is 14.7 Å². The van der Waals surface area contributed by atoms with Crippen LogP contribution in [0.25, 0.3) is 0 Å². The molecule has 1 aromatic carbocycles. The maximum absolute atomic E-state index is 12.4. The van der Waals surface area contributed by atoms with Crippen molar-refractivity contribution < 1.29 is 29.3 Å². The fourth-order valence-corrected chi connectivity index (χ4v) is 3.52. The summed E-state index contributed by atoms with van der Waals surface area (Å²) < 4.78 is 11.2. The molecule has 3 rings (SSSR count). The van der Waals surface area contributed by atoms with E-state index in [0.717, 1.165) is 0 Å². The molecular weight excluding hydrogens is 338 g/mol. The number of carbonyl (C=O) groups is 2. The minimum absolute atomic E-state index is 0.0499. The van der Waals surface area contributed by atoms with Gasteiger partial charge >= 0.3 is 0 Å². The third-order valence-corrected chi connectivity index (χ3v) is 4.95. The van der Waals surface area contributed by atoms with Gasteiger partial charge in [-0.15, -0.1) is 0 Å². The molecule has 2 unspecified atom stereocenters. The van der Waals surface area contributed by atoms with Crippen molar-refractivity contribution >= 4 is 11.8 Å². The summed E-state index contributed by atoms with van der Waals surface area (Å²) in [6, 6.07) is 6.86. The van der Waals surface area contributed by atoms with Crippen molar-refractivity contribution in [2.24, 2.45) is 5.92 Å². The first-order valence-corrected chi connectivity index (χ1v) is 9.09. The first-order valence-electron chi connectivity index (χ1n) is 9.09. The zero-order chi connectivity index (χ0) is 18.5. The molecule has 26 heavy (non-hydrogen) atoms. The number of carbonyl (C=O) groups excluding carboxylic acids is 2. The van der Waals surface area contributed by atoms with Crippen LogP contribution in [0.15, 0.2) is 24.3 Å². The van der Waals surface area contributed by atoms with E-state index in [1.165, 1.54) is 4.90 Å². The van der Waals surface area contributed by atoms with Crippen molar-refractivity contribution in [2.45, 2.75) is 38.1 Å². The molecule has 2 amide bonds. The fraction of sp³-hybridized carbons (Fsp3) is 0.579. The number of benzene rings is 1. The summed E-state index contributed by atoms with van der Waals surface area (Å²) in [6.07, 6.45) is 1.36. The van der Waals surface area contributed by atoms with Gasteiger partial charge in [-0.2, -0.15) is 0 Å². The lowest BCUT2D eigenvalue weighted by Crippen LogP contribution is -2.32. The second-order valence-corrected chi connectivity index (χ2v) is 6.73. The SMILES string of the molecule is O=C1c2ccccc2C(=O)N1CCCC(CCC(O)CO)C1OCCO1. The molecule has 0 spiro atoms. The smallest absolute Gasteiger partial charge is 0.261 e. The Morgan fingerprint density at radius 2 is 1.65 bits per heavy atom. The molecule has 0 saturated carbocycles. The zero-order valence-corrected chi connectivity index (χ0v) is 14.7. The Hall–Kier alpha value is -1.80. The minimum atomic E-state index is -0.755. The monoisotopic (exact) mass is 363 g/mol. The molecule has 0 radical (unpaired) electrons. The van der Waals surface area contributed by atoms with Crippen LogP contribution in [0.1, 0.15) is 46.4 Å². The number of hydrogen-bond donors (Lipinski definition) is 2. The van der Waals surface area contributed by atoms with Crippen LogP contribution in [0, 0.1) is 5.92 Å². The molecule has 1 fully saturated rings. The van der Waals surface area contributed by atoms with Crippen LogP contribution < -0.4 is 0 Å². The molecule has 2 N–H and O–H groups in total. The number of fused-ring (bicyclic) bond motifs is 1. The number of imide groups is 1. The van der Waals surface area contributed by atoms with E-state index >= 15 is 0 Å². The van der Waals surface area contributed by atoms with Crippen molar-refractivity contribution in [1.29, 1.82) is 0 Å². The molecule has 7 heteroatoms. The quantitative estimate of drug-likeness (QED) is 0.640. The highest BCUT2D eigenvalue weighted by Crippen LogP contribution is 2.27. The Labute approximate surface area is 152 Å². The third kappa shape index (κ3) is 4.12. The lowest BCUT2D eigenvalue weighted by atomic mass is 9.95. The molecule has 2 heterocycles. The van der Waals surface area contributed by atoms with Gasteiger partial charge in [0.15, 0.2) is 6.29 Å². The van der Waals surface area contributed by atoms with Gasteiger partial charge in [0, 0.05) is 12.5 Å². The summed E-state index contributed by atoms with van der Waals surface area (Å²) in [5.74, 6) is -0.439. The van der Waals surface area contributed by atoms with Gasteiger partial charge in [-0.05, 0) is 37.8 Å². The topological polar surface area (TPSA) is 96.3 Å². The van der Waals surface area contributed by atoms with E-state index in [-0.39, 0.29) is 30.6 Å². The van der Waals surface area contributed by atoms with Crippen LogP contribution in [-0.2, 0) is 9.47 Å². The fourth-order valence-electron chi connectivity index (χ4n) is 3.52. The van der Waals surface area contributed by atoms with Gasteiger partial charge in [0.05, 0.1) is 37.1 Å². The van der Waals surface area contributed by atoms with E-state index in [1.807, 2.05) is 0 Å². The average Bonchev–Trinajstić information content (AvgIpc) is 3.27. The summed E-state index contributed by atoms with van der Waals surface area (Å²) in [5, 5.41) is 18.6. The Kier molecular flexibility index (Phi) is 6.37. The molecular formula is C19H25NO6. The summed E-state index contributed by atoms with van der Waals surface area (Å²) in [5.41, 5.74) is 0.921. The van der Waals surface area contributed by atoms with Crippen LogP contribution in [0.3, 0.4) is 0 Å². The van der Waals surface area contributed by atoms with Gasteiger partial charge in [-0.3, -0.25) is 14.5 Å². The maximum atomic E-state index is 12.4. The minimum Gasteiger partial charge on any atom is -0.394 e. The second kappa shape index (κ2) is 8.73. The summed E-state index contributed by atoms with van der Waals surface area (Å²) in [4.78, 5) is 26.1. The van der Waals surface area contributed by atoms with E-state index < -0.39 is 6.10 Å². The standard InChI is InChI=1S/C19H25NO6/c21-12-14(22)8-7-13(19-25-10-11-26-19)4-3-9-20-17(23)15-5-1-2-6-16(15)18(20)24/h1-2,5-6,13-14,19,21-22H,3-4,7-12H2. The highest BCUT2D eigenvalue weighted by molar-refractivity contribution is 6.21. The highest BCUT2D eigenvalue weighted by atomic mass is 16.7. The molecule has 142 valence electrons. The number of nitrogens with zero attached hydrogens (tertiary/aromatic N) is 1.